The lowest BCUT2D eigenvalue weighted by atomic mass is 9.89. The molecule has 0 radical (unpaired) electrons. The summed E-state index contributed by atoms with van der Waals surface area (Å²) in [5.41, 5.74) is 3.00. The van der Waals surface area contributed by atoms with Crippen LogP contribution in [0.5, 0.6) is 0 Å². The maximum atomic E-state index is 12.8. The Morgan fingerprint density at radius 1 is 0.955 bits per heavy atom. The van der Waals surface area contributed by atoms with E-state index in [2.05, 4.69) is 25.2 Å². The van der Waals surface area contributed by atoms with Gasteiger partial charge in [-0.25, -0.2) is 4.68 Å². The number of nitrogens with zero attached hydrogens (tertiary/aromatic N) is 7. The lowest BCUT2D eigenvalue weighted by molar-refractivity contribution is -0.137. The number of hydrogen-bond donors (Lipinski definition) is 5. The molecule has 1 unspecified atom stereocenters. The lowest BCUT2D eigenvalue weighted by Gasteiger charge is -2.30. The standard InChI is InChI=1S/C31H41N7O6/c1-31(11-9-22(10-12-31)15-28(42)36(2)20-26(40)29(43)30(44)27(41)21-39)38-19-25(34-35-38)18-37(16-23-7-3-5-13-32-23)17-24-8-4-6-14-33-24/h3-11,13-14,19,26-27,29-30,39-41,43-44H,12,15-18,20-21H2,1-2H3/t26-,27+,29+,30+,31?/m0/s1. The molecule has 0 aromatic carbocycles. The largest absolute Gasteiger partial charge is 0.394 e. The fourth-order valence-corrected chi connectivity index (χ4v) is 4.88. The first kappa shape index (κ1) is 33.1. The van der Waals surface area contributed by atoms with Crippen LogP contribution in [0.2, 0.25) is 0 Å². The van der Waals surface area contributed by atoms with Crippen molar-refractivity contribution in [2.24, 2.45) is 0 Å². The van der Waals surface area contributed by atoms with Gasteiger partial charge in [0.05, 0.1) is 41.8 Å². The first-order valence-electron chi connectivity index (χ1n) is 14.5. The van der Waals surface area contributed by atoms with Crippen LogP contribution in [0.25, 0.3) is 0 Å². The van der Waals surface area contributed by atoms with E-state index >= 15 is 0 Å². The Balaban J connectivity index is 1.34. The molecule has 0 spiro atoms. The maximum Gasteiger partial charge on any atom is 0.226 e. The summed E-state index contributed by atoms with van der Waals surface area (Å²) in [5, 5.41) is 57.4. The molecular weight excluding hydrogens is 566 g/mol. The van der Waals surface area contributed by atoms with Crippen molar-refractivity contribution in [3.05, 3.63) is 95.9 Å². The van der Waals surface area contributed by atoms with Crippen molar-refractivity contribution in [3.63, 3.8) is 0 Å². The van der Waals surface area contributed by atoms with Crippen LogP contribution in [-0.4, -0.2) is 111 Å². The van der Waals surface area contributed by atoms with Crippen molar-refractivity contribution < 1.29 is 30.3 Å². The van der Waals surface area contributed by atoms with Gasteiger partial charge in [0.1, 0.15) is 24.4 Å². The van der Waals surface area contributed by atoms with E-state index in [1.54, 1.807) is 12.4 Å². The number of amides is 1. The van der Waals surface area contributed by atoms with Crippen LogP contribution in [-0.2, 0) is 30.0 Å². The van der Waals surface area contributed by atoms with Gasteiger partial charge in [0.15, 0.2) is 0 Å². The van der Waals surface area contributed by atoms with Crippen molar-refractivity contribution in [2.75, 3.05) is 20.2 Å². The van der Waals surface area contributed by atoms with Crippen LogP contribution in [0.15, 0.2) is 78.8 Å². The molecule has 3 aromatic rings. The molecule has 3 heterocycles. The van der Waals surface area contributed by atoms with Gasteiger partial charge in [-0.15, -0.1) is 5.10 Å². The molecule has 5 N–H and O–H groups in total. The van der Waals surface area contributed by atoms with Crippen molar-refractivity contribution in [2.45, 2.75) is 69.4 Å². The lowest BCUT2D eigenvalue weighted by Crippen LogP contribution is -2.50. The predicted octanol–water partition coefficient (Wildman–Crippen LogP) is 0.156. The highest BCUT2D eigenvalue weighted by Crippen LogP contribution is 2.29. The number of hydrogen-bond acceptors (Lipinski definition) is 11. The summed E-state index contributed by atoms with van der Waals surface area (Å²) in [7, 11) is 1.48. The van der Waals surface area contributed by atoms with Gasteiger partial charge in [-0.3, -0.25) is 19.7 Å². The summed E-state index contributed by atoms with van der Waals surface area (Å²) in [6, 6.07) is 11.7. The van der Waals surface area contributed by atoms with Crippen molar-refractivity contribution >= 4 is 5.91 Å². The summed E-state index contributed by atoms with van der Waals surface area (Å²) in [6.07, 6.45) is 5.37. The number of aromatic nitrogens is 5. The number of allylic oxidation sites excluding steroid dienone is 3. The second-order valence-corrected chi connectivity index (χ2v) is 11.4. The molecule has 1 aliphatic carbocycles. The Kier molecular flexibility index (Phi) is 11.4. The zero-order valence-electron chi connectivity index (χ0n) is 25.0. The smallest absolute Gasteiger partial charge is 0.226 e. The molecule has 4 rings (SSSR count). The van der Waals surface area contributed by atoms with Gasteiger partial charge in [0, 0.05) is 45.6 Å². The molecule has 0 fully saturated rings. The minimum atomic E-state index is -1.75. The molecule has 5 atom stereocenters. The molecular formula is C31H41N7O6. The Bertz CT molecular complexity index is 1360. The third-order valence-electron chi connectivity index (χ3n) is 7.67. The third kappa shape index (κ3) is 8.85. The molecule has 44 heavy (non-hydrogen) atoms. The highest BCUT2D eigenvalue weighted by molar-refractivity contribution is 5.79. The van der Waals surface area contributed by atoms with E-state index in [1.165, 1.54) is 11.9 Å². The van der Waals surface area contributed by atoms with Gasteiger partial charge >= 0.3 is 0 Å². The topological polar surface area (TPSA) is 181 Å². The van der Waals surface area contributed by atoms with E-state index < -0.39 is 36.6 Å². The van der Waals surface area contributed by atoms with Crippen LogP contribution >= 0.6 is 0 Å². The monoisotopic (exact) mass is 607 g/mol. The summed E-state index contributed by atoms with van der Waals surface area (Å²) >= 11 is 0. The second-order valence-electron chi connectivity index (χ2n) is 11.4. The fourth-order valence-electron chi connectivity index (χ4n) is 4.88. The summed E-state index contributed by atoms with van der Waals surface area (Å²) in [5.74, 6) is -0.295. The molecule has 13 heteroatoms. The van der Waals surface area contributed by atoms with Crippen LogP contribution < -0.4 is 0 Å². The number of aliphatic hydroxyl groups excluding tert-OH is 5. The second kappa shape index (κ2) is 15.2. The van der Waals surface area contributed by atoms with Gasteiger partial charge in [0.2, 0.25) is 5.91 Å². The SMILES string of the molecule is CN(C[C@H](O)[C@@H](O)[C@H](O)[C@H](O)CO)C(=O)CC1=CCC(C)(n2cc(CN(Cc3ccccn3)Cc3ccccn3)nn2)C=C1. The number of pyridine rings is 2. The van der Waals surface area contributed by atoms with E-state index in [0.29, 0.717) is 26.1 Å². The van der Waals surface area contributed by atoms with Gasteiger partial charge in [-0.2, -0.15) is 0 Å². The van der Waals surface area contributed by atoms with Crippen LogP contribution in [0.3, 0.4) is 0 Å². The van der Waals surface area contributed by atoms with Gasteiger partial charge in [-0.1, -0.05) is 35.6 Å². The molecule has 0 saturated heterocycles. The van der Waals surface area contributed by atoms with Crippen molar-refractivity contribution in [3.8, 4) is 0 Å². The fraction of sp³-hybridized carbons (Fsp3) is 0.452. The quantitative estimate of drug-likeness (QED) is 0.159. The molecule has 236 valence electrons. The zero-order valence-corrected chi connectivity index (χ0v) is 25.0. The predicted molar refractivity (Wildman–Crippen MR) is 160 cm³/mol. The first-order valence-corrected chi connectivity index (χ1v) is 14.5. The van der Waals surface area contributed by atoms with Crippen LogP contribution in [0, 0.1) is 0 Å². The van der Waals surface area contributed by atoms with Gasteiger partial charge in [-0.05, 0) is 43.2 Å². The maximum absolute atomic E-state index is 12.8. The van der Waals surface area contributed by atoms with Crippen molar-refractivity contribution in [1.82, 2.24) is 34.8 Å². The minimum Gasteiger partial charge on any atom is -0.394 e. The number of rotatable bonds is 15. The zero-order chi connectivity index (χ0) is 31.7. The first-order chi connectivity index (χ1) is 21.1. The van der Waals surface area contributed by atoms with E-state index in [0.717, 1.165) is 22.7 Å². The summed E-state index contributed by atoms with van der Waals surface area (Å²) in [6.45, 7) is 2.79. The number of carbonyl (C=O) groups excluding carboxylic acids is 1. The third-order valence-corrected chi connectivity index (χ3v) is 7.67. The van der Waals surface area contributed by atoms with Crippen LogP contribution in [0.4, 0.5) is 0 Å². The summed E-state index contributed by atoms with van der Waals surface area (Å²) in [4.78, 5) is 25.2. The molecule has 13 nitrogen and oxygen atoms in total. The van der Waals surface area contributed by atoms with E-state index in [-0.39, 0.29) is 18.9 Å². The highest BCUT2D eigenvalue weighted by atomic mass is 16.4. The van der Waals surface area contributed by atoms with E-state index in [4.69, 9.17) is 5.11 Å². The van der Waals surface area contributed by atoms with Crippen molar-refractivity contribution in [1.29, 1.82) is 0 Å². The Hall–Kier alpha value is -3.85. The molecule has 0 bridgehead atoms. The Morgan fingerprint density at radius 3 is 2.11 bits per heavy atom. The molecule has 1 aliphatic rings. The Labute approximate surface area is 256 Å². The van der Waals surface area contributed by atoms with E-state index in [9.17, 15) is 25.2 Å². The molecule has 3 aromatic heterocycles. The molecule has 0 saturated carbocycles. The molecule has 0 aliphatic heterocycles. The van der Waals surface area contributed by atoms with Gasteiger partial charge < -0.3 is 30.4 Å². The minimum absolute atomic E-state index is 0.0757. The van der Waals surface area contributed by atoms with Crippen LogP contribution in [0.1, 0.15) is 36.8 Å². The normalized spacial score (nSPS) is 19.3. The average Bonchev–Trinajstić information content (AvgIpc) is 3.51. The highest BCUT2D eigenvalue weighted by Gasteiger charge is 2.32. The average molecular weight is 608 g/mol. The van der Waals surface area contributed by atoms with Gasteiger partial charge in [0.25, 0.3) is 0 Å². The number of carbonyl (C=O) groups is 1. The summed E-state index contributed by atoms with van der Waals surface area (Å²) < 4.78 is 1.82. The number of aliphatic hydroxyl groups is 5. The number of likely N-dealkylation sites (N-methyl/N-ethyl adjacent to an activating group) is 1. The van der Waals surface area contributed by atoms with E-state index in [1.807, 2.05) is 72.4 Å². The Morgan fingerprint density at radius 2 is 1.57 bits per heavy atom. The molecule has 1 amide bonds.